The highest BCUT2D eigenvalue weighted by Crippen LogP contribution is 2.25. The van der Waals surface area contributed by atoms with Crippen LogP contribution in [0.3, 0.4) is 0 Å². The van der Waals surface area contributed by atoms with E-state index in [-0.39, 0.29) is 25.0 Å². The topological polar surface area (TPSA) is 111 Å². The SMILES string of the molecule is O=C(CN(Cc1ccccn1)Cc1ccccn1)OCCCCCCCCCCCSSCCCCCCCCCCCOC(=O)CN(Cc1ccccn1)Cc1ccccn1. The molecular formula is C50H72N6O4S2. The second kappa shape index (κ2) is 34.6. The maximum absolute atomic E-state index is 12.6. The van der Waals surface area contributed by atoms with Crippen molar-refractivity contribution in [3.63, 3.8) is 0 Å². The molecule has 0 fully saturated rings. The summed E-state index contributed by atoms with van der Waals surface area (Å²) in [5, 5.41) is 0. The Labute approximate surface area is 380 Å². The fourth-order valence-electron chi connectivity index (χ4n) is 7.17. The van der Waals surface area contributed by atoms with Gasteiger partial charge >= 0.3 is 11.9 Å². The van der Waals surface area contributed by atoms with E-state index in [0.717, 1.165) is 48.5 Å². The summed E-state index contributed by atoms with van der Waals surface area (Å²) in [7, 11) is 4.12. The van der Waals surface area contributed by atoms with E-state index in [2.05, 4.69) is 41.5 Å². The van der Waals surface area contributed by atoms with Crippen molar-refractivity contribution >= 4 is 33.5 Å². The summed E-state index contributed by atoms with van der Waals surface area (Å²) in [4.78, 5) is 47.0. The van der Waals surface area contributed by atoms with Crippen LogP contribution in [-0.2, 0) is 45.2 Å². The van der Waals surface area contributed by atoms with E-state index >= 15 is 0 Å². The summed E-state index contributed by atoms with van der Waals surface area (Å²) in [6.45, 7) is 3.73. The highest BCUT2D eigenvalue weighted by Gasteiger charge is 2.16. The summed E-state index contributed by atoms with van der Waals surface area (Å²) in [5.41, 5.74) is 3.70. The molecule has 0 atom stereocenters. The van der Waals surface area contributed by atoms with Gasteiger partial charge in [-0.05, 0) is 74.2 Å². The standard InChI is InChI=1S/C50H72N6O4S2/c57-49(43-55(39-45-27-15-19-31-51-45)40-46-28-16-20-32-52-46)59-35-23-11-7-3-1-5-9-13-25-37-61-62-38-26-14-10-6-2-4-8-12-24-36-60-50(58)44-56(41-47-29-17-21-33-53-47)42-48-30-18-22-34-54-48/h15-22,27-34H,1-14,23-26,35-44H2. The van der Waals surface area contributed by atoms with Gasteiger partial charge in [0.15, 0.2) is 0 Å². The zero-order valence-corrected chi connectivity index (χ0v) is 38.8. The molecule has 0 aliphatic heterocycles. The number of carbonyl (C=O) groups is 2. The van der Waals surface area contributed by atoms with E-state index in [1.165, 1.54) is 101 Å². The van der Waals surface area contributed by atoms with Gasteiger partial charge in [-0.2, -0.15) is 0 Å². The molecule has 10 nitrogen and oxygen atoms in total. The molecule has 0 unspecified atom stereocenters. The molecule has 0 saturated carbocycles. The number of hydrogen-bond acceptors (Lipinski definition) is 12. The van der Waals surface area contributed by atoms with E-state index in [4.69, 9.17) is 9.47 Å². The molecule has 0 aliphatic carbocycles. The van der Waals surface area contributed by atoms with Gasteiger partial charge in [-0.15, -0.1) is 0 Å². The predicted octanol–water partition coefficient (Wildman–Crippen LogP) is 11.5. The second-order valence-corrected chi connectivity index (χ2v) is 18.7. The number of pyridine rings is 4. The summed E-state index contributed by atoms with van der Waals surface area (Å²) >= 11 is 0. The lowest BCUT2D eigenvalue weighted by Gasteiger charge is -2.20. The lowest BCUT2D eigenvalue weighted by atomic mass is 10.1. The molecule has 12 heteroatoms. The van der Waals surface area contributed by atoms with Gasteiger partial charge in [-0.3, -0.25) is 39.3 Å². The molecule has 338 valence electrons. The quantitative estimate of drug-likeness (QED) is 0.0244. The van der Waals surface area contributed by atoms with Gasteiger partial charge in [0.25, 0.3) is 0 Å². The van der Waals surface area contributed by atoms with E-state index in [1.807, 2.05) is 82.6 Å². The molecule has 4 heterocycles. The minimum atomic E-state index is -0.187. The lowest BCUT2D eigenvalue weighted by Crippen LogP contribution is -2.31. The smallest absolute Gasteiger partial charge is 0.320 e. The van der Waals surface area contributed by atoms with Crippen LogP contribution in [0, 0.1) is 0 Å². The molecule has 0 radical (unpaired) electrons. The van der Waals surface area contributed by atoms with Crippen LogP contribution in [0.15, 0.2) is 97.6 Å². The monoisotopic (exact) mass is 885 g/mol. The van der Waals surface area contributed by atoms with Gasteiger partial charge in [0.2, 0.25) is 0 Å². The number of hydrogen-bond donors (Lipinski definition) is 0. The predicted molar refractivity (Wildman–Crippen MR) is 255 cm³/mol. The first-order valence-corrected chi connectivity index (χ1v) is 25.7. The van der Waals surface area contributed by atoms with Crippen LogP contribution in [0.5, 0.6) is 0 Å². The number of unbranched alkanes of at least 4 members (excludes halogenated alkanes) is 16. The Hall–Kier alpha value is -3.84. The Morgan fingerprint density at radius 1 is 0.387 bits per heavy atom. The molecule has 4 aromatic heterocycles. The Bertz CT molecular complexity index is 1470. The Morgan fingerprint density at radius 2 is 0.661 bits per heavy atom. The van der Waals surface area contributed by atoms with Gasteiger partial charge in [0, 0.05) is 62.5 Å². The average molecular weight is 885 g/mol. The van der Waals surface area contributed by atoms with Crippen LogP contribution in [0.25, 0.3) is 0 Å². The molecular weight excluding hydrogens is 813 g/mol. The van der Waals surface area contributed by atoms with Crippen LogP contribution in [0.4, 0.5) is 0 Å². The van der Waals surface area contributed by atoms with Crippen molar-refractivity contribution < 1.29 is 19.1 Å². The van der Waals surface area contributed by atoms with E-state index < -0.39 is 0 Å². The first-order chi connectivity index (χ1) is 30.6. The molecule has 0 aromatic carbocycles. The molecule has 4 rings (SSSR count). The third kappa shape index (κ3) is 25.9. The maximum Gasteiger partial charge on any atom is 0.320 e. The molecule has 62 heavy (non-hydrogen) atoms. The van der Waals surface area contributed by atoms with Crippen molar-refractivity contribution in [2.75, 3.05) is 37.8 Å². The zero-order valence-electron chi connectivity index (χ0n) is 37.2. The summed E-state index contributed by atoms with van der Waals surface area (Å²) in [6, 6.07) is 23.4. The largest absolute Gasteiger partial charge is 0.465 e. The first-order valence-electron chi connectivity index (χ1n) is 23.2. The van der Waals surface area contributed by atoms with Gasteiger partial charge in [-0.25, -0.2) is 0 Å². The summed E-state index contributed by atoms with van der Waals surface area (Å²) in [5.74, 6) is 2.16. The van der Waals surface area contributed by atoms with E-state index in [1.54, 1.807) is 24.8 Å². The average Bonchev–Trinajstić information content (AvgIpc) is 3.29. The maximum atomic E-state index is 12.6. The van der Waals surface area contributed by atoms with Crippen LogP contribution in [0.1, 0.15) is 138 Å². The van der Waals surface area contributed by atoms with Crippen LogP contribution in [-0.4, -0.2) is 79.5 Å². The van der Waals surface area contributed by atoms with Crippen molar-refractivity contribution in [2.24, 2.45) is 0 Å². The van der Waals surface area contributed by atoms with Crippen LogP contribution in [0.2, 0.25) is 0 Å². The highest BCUT2D eigenvalue weighted by molar-refractivity contribution is 8.76. The molecule has 0 N–H and O–H groups in total. The fourth-order valence-corrected chi connectivity index (χ4v) is 9.46. The number of rotatable bonds is 37. The van der Waals surface area contributed by atoms with Crippen molar-refractivity contribution in [1.29, 1.82) is 0 Å². The Morgan fingerprint density at radius 3 is 0.935 bits per heavy atom. The van der Waals surface area contributed by atoms with Crippen LogP contribution < -0.4 is 0 Å². The normalized spacial score (nSPS) is 11.3. The van der Waals surface area contributed by atoms with E-state index in [0.29, 0.717) is 39.4 Å². The van der Waals surface area contributed by atoms with Gasteiger partial charge in [0.1, 0.15) is 0 Å². The zero-order chi connectivity index (χ0) is 43.4. The van der Waals surface area contributed by atoms with E-state index in [9.17, 15) is 9.59 Å². The number of esters is 2. The molecule has 0 amide bonds. The summed E-state index contributed by atoms with van der Waals surface area (Å²) in [6.07, 6.45) is 29.4. The molecule has 0 bridgehead atoms. The summed E-state index contributed by atoms with van der Waals surface area (Å²) < 4.78 is 11.2. The first kappa shape index (κ1) is 50.8. The minimum Gasteiger partial charge on any atom is -0.465 e. The van der Waals surface area contributed by atoms with Crippen LogP contribution >= 0.6 is 21.6 Å². The van der Waals surface area contributed by atoms with Gasteiger partial charge in [0.05, 0.1) is 49.1 Å². The highest BCUT2D eigenvalue weighted by atomic mass is 33.1. The molecule has 0 spiro atoms. The van der Waals surface area contributed by atoms with Crippen molar-refractivity contribution in [3.05, 3.63) is 120 Å². The fraction of sp³-hybridized carbons (Fsp3) is 0.560. The molecule has 4 aromatic rings. The molecule has 0 saturated heterocycles. The van der Waals surface area contributed by atoms with Crippen molar-refractivity contribution in [1.82, 2.24) is 29.7 Å². The number of carbonyl (C=O) groups excluding carboxylic acids is 2. The third-order valence-corrected chi connectivity index (χ3v) is 13.1. The Kier molecular flexibility index (Phi) is 28.4. The third-order valence-electron chi connectivity index (χ3n) is 10.5. The number of nitrogens with zero attached hydrogens (tertiary/aromatic N) is 6. The van der Waals surface area contributed by atoms with Crippen molar-refractivity contribution in [3.8, 4) is 0 Å². The van der Waals surface area contributed by atoms with Crippen molar-refractivity contribution in [2.45, 2.75) is 142 Å². The molecule has 0 aliphatic rings. The Balaban J connectivity index is 0.848. The lowest BCUT2D eigenvalue weighted by molar-refractivity contribution is -0.146. The number of ether oxygens (including phenoxy) is 2. The number of aromatic nitrogens is 4. The second-order valence-electron chi connectivity index (χ2n) is 16.0. The minimum absolute atomic E-state index is 0.187. The van der Waals surface area contributed by atoms with Gasteiger partial charge < -0.3 is 9.47 Å². The van der Waals surface area contributed by atoms with Gasteiger partial charge in [-0.1, -0.05) is 136 Å².